The van der Waals surface area contributed by atoms with Gasteiger partial charge in [0, 0.05) is 6.54 Å². The summed E-state index contributed by atoms with van der Waals surface area (Å²) in [7, 11) is 0. The molecule has 0 aliphatic carbocycles. The Kier molecular flexibility index (Phi) is 4.37. The van der Waals surface area contributed by atoms with E-state index in [0.717, 1.165) is 32.6 Å². The van der Waals surface area contributed by atoms with Crippen molar-refractivity contribution in [3.63, 3.8) is 0 Å². The number of hydrogen-bond donors (Lipinski definition) is 1. The van der Waals surface area contributed by atoms with Crippen LogP contribution in [-0.2, 0) is 0 Å². The van der Waals surface area contributed by atoms with Crippen molar-refractivity contribution in [3.05, 3.63) is 0 Å². The minimum atomic E-state index is -0.361. The zero-order valence-corrected chi connectivity index (χ0v) is 9.34. The van der Waals surface area contributed by atoms with Crippen molar-refractivity contribution >= 4 is 0 Å². The zero-order chi connectivity index (χ0) is 10.4. The summed E-state index contributed by atoms with van der Waals surface area (Å²) in [6, 6.07) is 2.39. The van der Waals surface area contributed by atoms with Gasteiger partial charge in [0.2, 0.25) is 0 Å². The van der Waals surface area contributed by atoms with E-state index in [1.807, 2.05) is 6.92 Å². The zero-order valence-electron chi connectivity index (χ0n) is 9.34. The van der Waals surface area contributed by atoms with Crippen molar-refractivity contribution in [1.82, 2.24) is 10.2 Å². The van der Waals surface area contributed by atoms with Crippen LogP contribution in [0.1, 0.15) is 33.1 Å². The second-order valence-corrected chi connectivity index (χ2v) is 4.35. The minimum Gasteiger partial charge on any atom is -0.300 e. The van der Waals surface area contributed by atoms with Crippen LogP contribution in [0.5, 0.6) is 0 Å². The molecule has 3 nitrogen and oxygen atoms in total. The fraction of sp³-hybridized carbons (Fsp3) is 0.909. The second kappa shape index (κ2) is 5.33. The van der Waals surface area contributed by atoms with Crippen LogP contribution in [0.2, 0.25) is 0 Å². The smallest absolute Gasteiger partial charge is 0.116 e. The minimum absolute atomic E-state index is 0.361. The van der Waals surface area contributed by atoms with Gasteiger partial charge in [-0.3, -0.25) is 5.32 Å². The van der Waals surface area contributed by atoms with Crippen LogP contribution >= 0.6 is 0 Å². The number of likely N-dealkylation sites (tertiary alicyclic amines) is 1. The van der Waals surface area contributed by atoms with Crippen LogP contribution in [0.25, 0.3) is 0 Å². The topological polar surface area (TPSA) is 39.1 Å². The largest absolute Gasteiger partial charge is 0.300 e. The van der Waals surface area contributed by atoms with E-state index in [1.165, 1.54) is 12.8 Å². The van der Waals surface area contributed by atoms with Crippen LogP contribution < -0.4 is 5.32 Å². The van der Waals surface area contributed by atoms with Crippen molar-refractivity contribution in [2.24, 2.45) is 0 Å². The molecule has 80 valence electrons. The molecule has 0 spiro atoms. The third kappa shape index (κ3) is 3.28. The van der Waals surface area contributed by atoms with Gasteiger partial charge < -0.3 is 4.90 Å². The Labute approximate surface area is 87.1 Å². The maximum atomic E-state index is 9.13. The van der Waals surface area contributed by atoms with Crippen LogP contribution in [0, 0.1) is 11.3 Å². The van der Waals surface area contributed by atoms with Crippen LogP contribution in [-0.4, -0.2) is 36.6 Å². The molecule has 1 aliphatic heterocycles. The van der Waals surface area contributed by atoms with Crippen LogP contribution in [0.3, 0.4) is 0 Å². The van der Waals surface area contributed by atoms with E-state index in [-0.39, 0.29) is 5.54 Å². The van der Waals surface area contributed by atoms with Crippen molar-refractivity contribution < 1.29 is 0 Å². The fourth-order valence-corrected chi connectivity index (χ4v) is 1.92. The first-order chi connectivity index (χ1) is 6.70. The molecule has 1 atom stereocenters. The van der Waals surface area contributed by atoms with Gasteiger partial charge in [0.1, 0.15) is 5.54 Å². The summed E-state index contributed by atoms with van der Waals surface area (Å²) in [5, 5.41) is 12.5. The Morgan fingerprint density at radius 1 is 1.43 bits per heavy atom. The summed E-state index contributed by atoms with van der Waals surface area (Å²) in [6.07, 6.45) is 3.65. The predicted molar refractivity (Wildman–Crippen MR) is 58.0 cm³/mol. The van der Waals surface area contributed by atoms with Gasteiger partial charge >= 0.3 is 0 Å². The number of hydrogen-bond acceptors (Lipinski definition) is 3. The third-order valence-corrected chi connectivity index (χ3v) is 2.75. The van der Waals surface area contributed by atoms with Gasteiger partial charge in [-0.25, -0.2) is 0 Å². The molecule has 1 N–H and O–H groups in total. The first kappa shape index (κ1) is 11.5. The molecular weight excluding hydrogens is 174 g/mol. The quantitative estimate of drug-likeness (QED) is 0.720. The maximum Gasteiger partial charge on any atom is 0.116 e. The van der Waals surface area contributed by atoms with E-state index in [4.69, 9.17) is 5.26 Å². The highest BCUT2D eigenvalue weighted by Crippen LogP contribution is 2.12. The molecule has 0 saturated carbocycles. The molecule has 3 heteroatoms. The molecule has 0 aromatic rings. The van der Waals surface area contributed by atoms with E-state index in [9.17, 15) is 0 Å². The van der Waals surface area contributed by atoms with Crippen molar-refractivity contribution in [2.75, 3.05) is 26.2 Å². The van der Waals surface area contributed by atoms with E-state index in [0.29, 0.717) is 0 Å². The Balaban J connectivity index is 2.39. The normalized spacial score (nSPS) is 21.8. The summed E-state index contributed by atoms with van der Waals surface area (Å²) in [6.45, 7) is 8.24. The highest BCUT2D eigenvalue weighted by Gasteiger charge is 2.27. The molecule has 0 aromatic carbocycles. The molecule has 1 unspecified atom stereocenters. The van der Waals surface area contributed by atoms with Crippen molar-refractivity contribution in [3.8, 4) is 6.07 Å². The lowest BCUT2D eigenvalue weighted by atomic mass is 10.0. The average Bonchev–Trinajstić information content (AvgIpc) is 2.67. The molecule has 1 saturated heterocycles. The van der Waals surface area contributed by atoms with Crippen molar-refractivity contribution in [1.29, 1.82) is 5.26 Å². The summed E-state index contributed by atoms with van der Waals surface area (Å²) in [5.41, 5.74) is -0.361. The number of nitriles is 1. The Bertz CT molecular complexity index is 203. The van der Waals surface area contributed by atoms with E-state index >= 15 is 0 Å². The first-order valence-electron chi connectivity index (χ1n) is 5.59. The lowest BCUT2D eigenvalue weighted by molar-refractivity contribution is 0.261. The standard InChI is InChI=1S/C11H21N3/c1-3-6-13-11(2,9-12)10-14-7-4-5-8-14/h13H,3-8,10H2,1-2H3. The predicted octanol–water partition coefficient (Wildman–Crippen LogP) is 1.36. The highest BCUT2D eigenvalue weighted by molar-refractivity contribution is 5.06. The molecule has 1 aliphatic rings. The fourth-order valence-electron chi connectivity index (χ4n) is 1.92. The van der Waals surface area contributed by atoms with Crippen molar-refractivity contribution in [2.45, 2.75) is 38.6 Å². The SMILES string of the molecule is CCCNC(C)(C#N)CN1CCCC1. The van der Waals surface area contributed by atoms with Gasteiger partial charge in [-0.1, -0.05) is 6.92 Å². The highest BCUT2D eigenvalue weighted by atomic mass is 15.2. The Morgan fingerprint density at radius 2 is 2.07 bits per heavy atom. The molecule has 0 amide bonds. The summed E-state index contributed by atoms with van der Waals surface area (Å²) in [4.78, 5) is 2.38. The third-order valence-electron chi connectivity index (χ3n) is 2.75. The first-order valence-corrected chi connectivity index (χ1v) is 5.59. The molecule has 1 heterocycles. The number of nitrogens with one attached hydrogen (secondary N) is 1. The Hall–Kier alpha value is -0.590. The molecule has 1 rings (SSSR count). The van der Waals surface area contributed by atoms with Crippen LogP contribution in [0.15, 0.2) is 0 Å². The van der Waals surface area contributed by atoms with E-state index in [2.05, 4.69) is 23.2 Å². The molecule has 0 bridgehead atoms. The van der Waals surface area contributed by atoms with Gasteiger partial charge in [-0.05, 0) is 45.8 Å². The Morgan fingerprint density at radius 3 is 2.57 bits per heavy atom. The van der Waals surface area contributed by atoms with Gasteiger partial charge in [0.05, 0.1) is 6.07 Å². The van der Waals surface area contributed by atoms with Gasteiger partial charge in [-0.2, -0.15) is 5.26 Å². The average molecular weight is 195 g/mol. The lowest BCUT2D eigenvalue weighted by Gasteiger charge is -2.28. The molecule has 0 aromatic heterocycles. The summed E-state index contributed by atoms with van der Waals surface area (Å²) >= 11 is 0. The van der Waals surface area contributed by atoms with E-state index in [1.54, 1.807) is 0 Å². The van der Waals surface area contributed by atoms with Gasteiger partial charge in [0.25, 0.3) is 0 Å². The van der Waals surface area contributed by atoms with Gasteiger partial charge in [0.15, 0.2) is 0 Å². The summed E-state index contributed by atoms with van der Waals surface area (Å²) in [5.74, 6) is 0. The lowest BCUT2D eigenvalue weighted by Crippen LogP contribution is -2.50. The van der Waals surface area contributed by atoms with Crippen LogP contribution in [0.4, 0.5) is 0 Å². The summed E-state index contributed by atoms with van der Waals surface area (Å²) < 4.78 is 0. The monoisotopic (exact) mass is 195 g/mol. The molecular formula is C11H21N3. The number of rotatable bonds is 5. The molecule has 1 fully saturated rings. The molecule has 14 heavy (non-hydrogen) atoms. The molecule has 0 radical (unpaired) electrons. The maximum absolute atomic E-state index is 9.13. The number of nitrogens with zero attached hydrogens (tertiary/aromatic N) is 2. The second-order valence-electron chi connectivity index (χ2n) is 4.35. The van der Waals surface area contributed by atoms with Gasteiger partial charge in [-0.15, -0.1) is 0 Å². The van der Waals surface area contributed by atoms with E-state index < -0.39 is 0 Å².